The molecular weight excluding hydrogens is 430 g/mol. The van der Waals surface area contributed by atoms with E-state index in [2.05, 4.69) is 4.90 Å². The molecule has 6 nitrogen and oxygen atoms in total. The average Bonchev–Trinajstić information content (AvgIpc) is 3.30. The van der Waals surface area contributed by atoms with E-state index in [9.17, 15) is 13.7 Å². The molecule has 1 saturated heterocycles. The van der Waals surface area contributed by atoms with E-state index in [4.69, 9.17) is 9.72 Å². The van der Waals surface area contributed by atoms with Crippen LogP contribution in [0.15, 0.2) is 58.8 Å². The number of thiazole rings is 1. The number of piperidine rings is 1. The molecule has 0 unspecified atom stereocenters. The molecule has 4 rings (SSSR count). The van der Waals surface area contributed by atoms with Crippen LogP contribution in [0.5, 0.6) is 5.75 Å². The zero-order valence-electron chi connectivity index (χ0n) is 17.2. The summed E-state index contributed by atoms with van der Waals surface area (Å²) in [5, 5.41) is 11.7. The van der Waals surface area contributed by atoms with Crippen molar-refractivity contribution in [3.05, 3.63) is 59.5 Å². The third kappa shape index (κ3) is 4.43. The van der Waals surface area contributed by atoms with Crippen LogP contribution < -0.4 is 9.64 Å². The SMILES string of the molecule is CCOc1ccc(-c2csc(N3CCC(S(=O)(=O)c4ccccc4C#N)CC3)n2)cc1. The summed E-state index contributed by atoms with van der Waals surface area (Å²) in [6.45, 7) is 3.83. The standard InChI is InChI=1S/C23H23N3O3S2/c1-2-29-19-9-7-17(8-10-19)21-16-30-23(25-21)26-13-11-20(12-14-26)31(27,28)22-6-4-3-5-18(22)15-24/h3-10,16,20H,2,11-14H2,1H3. The number of nitriles is 1. The summed E-state index contributed by atoms with van der Waals surface area (Å²) in [4.78, 5) is 7.05. The molecule has 160 valence electrons. The molecule has 0 aliphatic carbocycles. The molecule has 0 saturated carbocycles. The molecule has 0 bridgehead atoms. The van der Waals surface area contributed by atoms with Crippen molar-refractivity contribution in [1.82, 2.24) is 4.98 Å². The Kier molecular flexibility index (Phi) is 6.25. The molecule has 2 aromatic carbocycles. The van der Waals surface area contributed by atoms with Gasteiger partial charge in [0.25, 0.3) is 0 Å². The fourth-order valence-corrected chi connectivity index (χ4v) is 6.54. The predicted octanol–water partition coefficient (Wildman–Crippen LogP) is 4.52. The highest BCUT2D eigenvalue weighted by molar-refractivity contribution is 7.92. The Morgan fingerprint density at radius 3 is 2.55 bits per heavy atom. The van der Waals surface area contributed by atoms with Crippen LogP contribution in [0.3, 0.4) is 0 Å². The topological polar surface area (TPSA) is 83.3 Å². The second-order valence-corrected chi connectivity index (χ2v) is 10.3. The van der Waals surface area contributed by atoms with Crippen LogP contribution in [0, 0.1) is 11.3 Å². The fraction of sp³-hybridized carbons (Fsp3) is 0.304. The maximum Gasteiger partial charge on any atom is 0.185 e. The van der Waals surface area contributed by atoms with Gasteiger partial charge in [0.2, 0.25) is 0 Å². The van der Waals surface area contributed by atoms with Gasteiger partial charge in [-0.05, 0) is 56.2 Å². The fourth-order valence-electron chi connectivity index (χ4n) is 3.77. The van der Waals surface area contributed by atoms with Crippen molar-refractivity contribution in [2.75, 3.05) is 24.6 Å². The minimum Gasteiger partial charge on any atom is -0.494 e. The first-order chi connectivity index (χ1) is 15.0. The van der Waals surface area contributed by atoms with Crippen LogP contribution >= 0.6 is 11.3 Å². The Morgan fingerprint density at radius 2 is 1.87 bits per heavy atom. The quantitative estimate of drug-likeness (QED) is 0.546. The second-order valence-electron chi connectivity index (χ2n) is 7.31. The molecule has 1 fully saturated rings. The third-order valence-electron chi connectivity index (χ3n) is 5.42. The van der Waals surface area contributed by atoms with Crippen LogP contribution in [0.25, 0.3) is 11.3 Å². The summed E-state index contributed by atoms with van der Waals surface area (Å²) in [7, 11) is -3.54. The monoisotopic (exact) mass is 453 g/mol. The molecule has 0 N–H and O–H groups in total. The molecule has 8 heteroatoms. The number of ether oxygens (including phenoxy) is 1. The van der Waals surface area contributed by atoms with E-state index in [-0.39, 0.29) is 10.5 Å². The Bertz CT molecular complexity index is 1190. The average molecular weight is 454 g/mol. The summed E-state index contributed by atoms with van der Waals surface area (Å²) in [6.07, 6.45) is 1.03. The Hall–Kier alpha value is -2.89. The summed E-state index contributed by atoms with van der Waals surface area (Å²) in [6, 6.07) is 16.3. The maximum absolute atomic E-state index is 13.1. The van der Waals surface area contributed by atoms with Crippen LogP contribution in [0.2, 0.25) is 0 Å². The van der Waals surface area contributed by atoms with Gasteiger partial charge < -0.3 is 9.64 Å². The molecule has 0 atom stereocenters. The van der Waals surface area contributed by atoms with Gasteiger partial charge in [0.1, 0.15) is 11.8 Å². The lowest BCUT2D eigenvalue weighted by atomic mass is 10.1. The molecule has 0 radical (unpaired) electrons. The van der Waals surface area contributed by atoms with E-state index in [0.717, 1.165) is 22.1 Å². The van der Waals surface area contributed by atoms with Gasteiger partial charge in [0, 0.05) is 24.0 Å². The van der Waals surface area contributed by atoms with Crippen LogP contribution in [0.1, 0.15) is 25.3 Å². The van der Waals surface area contributed by atoms with Crippen molar-refractivity contribution >= 4 is 26.3 Å². The highest BCUT2D eigenvalue weighted by atomic mass is 32.2. The first-order valence-corrected chi connectivity index (χ1v) is 12.6. The number of sulfone groups is 1. The zero-order valence-corrected chi connectivity index (χ0v) is 18.8. The minimum atomic E-state index is -3.54. The van der Waals surface area contributed by atoms with Crippen LogP contribution in [0.4, 0.5) is 5.13 Å². The molecule has 2 heterocycles. The van der Waals surface area contributed by atoms with E-state index in [1.807, 2.05) is 42.6 Å². The summed E-state index contributed by atoms with van der Waals surface area (Å²) in [5.74, 6) is 0.836. The van der Waals surface area contributed by atoms with E-state index < -0.39 is 15.1 Å². The number of hydrogen-bond donors (Lipinski definition) is 0. The van der Waals surface area contributed by atoms with Gasteiger partial charge in [-0.25, -0.2) is 13.4 Å². The molecule has 0 spiro atoms. The number of anilines is 1. The van der Waals surface area contributed by atoms with E-state index >= 15 is 0 Å². The van der Waals surface area contributed by atoms with Gasteiger partial charge in [-0.1, -0.05) is 12.1 Å². The number of hydrogen-bond acceptors (Lipinski definition) is 7. The van der Waals surface area contributed by atoms with Crippen molar-refractivity contribution in [1.29, 1.82) is 5.26 Å². The van der Waals surface area contributed by atoms with Gasteiger partial charge in [-0.3, -0.25) is 0 Å². The first kappa shape index (κ1) is 21.3. The normalized spacial score (nSPS) is 14.9. The molecule has 3 aromatic rings. The molecular formula is C23H23N3O3S2. The van der Waals surface area contributed by atoms with E-state index in [0.29, 0.717) is 32.5 Å². The minimum absolute atomic E-state index is 0.142. The third-order valence-corrected chi connectivity index (χ3v) is 8.64. The van der Waals surface area contributed by atoms with Gasteiger partial charge in [-0.15, -0.1) is 11.3 Å². The summed E-state index contributed by atoms with van der Waals surface area (Å²) >= 11 is 1.57. The summed E-state index contributed by atoms with van der Waals surface area (Å²) in [5.41, 5.74) is 2.14. The largest absolute Gasteiger partial charge is 0.494 e. The zero-order chi connectivity index (χ0) is 21.8. The lowest BCUT2D eigenvalue weighted by Gasteiger charge is -2.31. The van der Waals surface area contributed by atoms with Gasteiger partial charge in [0.05, 0.1) is 28.0 Å². The van der Waals surface area contributed by atoms with Gasteiger partial charge in [-0.2, -0.15) is 5.26 Å². The summed E-state index contributed by atoms with van der Waals surface area (Å²) < 4.78 is 31.6. The van der Waals surface area contributed by atoms with Crippen molar-refractivity contribution in [2.24, 2.45) is 0 Å². The number of benzene rings is 2. The van der Waals surface area contributed by atoms with Crippen molar-refractivity contribution < 1.29 is 13.2 Å². The highest BCUT2D eigenvalue weighted by Gasteiger charge is 2.33. The Balaban J connectivity index is 1.44. The van der Waals surface area contributed by atoms with E-state index in [1.165, 1.54) is 6.07 Å². The first-order valence-electron chi connectivity index (χ1n) is 10.2. The van der Waals surface area contributed by atoms with Gasteiger partial charge in [0.15, 0.2) is 15.0 Å². The lowest BCUT2D eigenvalue weighted by molar-refractivity contribution is 0.340. The van der Waals surface area contributed by atoms with Crippen molar-refractivity contribution in [3.8, 4) is 23.1 Å². The number of aromatic nitrogens is 1. The molecule has 31 heavy (non-hydrogen) atoms. The van der Waals surface area contributed by atoms with Crippen LogP contribution in [-0.2, 0) is 9.84 Å². The molecule has 1 aliphatic rings. The van der Waals surface area contributed by atoms with Crippen molar-refractivity contribution in [3.63, 3.8) is 0 Å². The Morgan fingerprint density at radius 1 is 1.16 bits per heavy atom. The number of nitrogens with zero attached hydrogens (tertiary/aromatic N) is 3. The lowest BCUT2D eigenvalue weighted by Crippen LogP contribution is -2.39. The maximum atomic E-state index is 13.1. The second kappa shape index (κ2) is 9.08. The highest BCUT2D eigenvalue weighted by Crippen LogP contribution is 2.32. The smallest absolute Gasteiger partial charge is 0.185 e. The predicted molar refractivity (Wildman–Crippen MR) is 122 cm³/mol. The van der Waals surface area contributed by atoms with E-state index in [1.54, 1.807) is 29.5 Å². The number of rotatable bonds is 6. The van der Waals surface area contributed by atoms with Crippen LogP contribution in [-0.4, -0.2) is 38.3 Å². The molecule has 0 amide bonds. The molecule has 1 aliphatic heterocycles. The molecule has 1 aromatic heterocycles. The Labute approximate surface area is 186 Å². The van der Waals surface area contributed by atoms with Gasteiger partial charge >= 0.3 is 0 Å². The van der Waals surface area contributed by atoms with Crippen molar-refractivity contribution in [2.45, 2.75) is 29.9 Å².